The Morgan fingerprint density at radius 3 is 1.62 bits per heavy atom. The number of phenolic OH excluding ortho intramolecular Hbond substituents is 7. The Morgan fingerprint density at radius 1 is 0.484 bits per heavy atom. The van der Waals surface area contributed by atoms with E-state index in [1.807, 2.05) is 0 Å². The maximum atomic E-state index is 13.3. The molecule has 0 radical (unpaired) electrons. The van der Waals surface area contributed by atoms with Gasteiger partial charge in [0.15, 0.2) is 59.1 Å². The molecule has 4 saturated heterocycles. The molecule has 4 fully saturated rings. The summed E-state index contributed by atoms with van der Waals surface area (Å²) in [7, 11) is 0. The fraction of sp³-hybridized carbons (Fsp3) is 0.404. The van der Waals surface area contributed by atoms with Crippen LogP contribution in [0.4, 0.5) is 0 Å². The summed E-state index contributed by atoms with van der Waals surface area (Å²) in [6, 6.07) is 11.6. The predicted molar refractivity (Wildman–Crippen MR) is 293 cm³/mol. The van der Waals surface area contributed by atoms with E-state index in [4.69, 9.17) is 51.8 Å². The summed E-state index contributed by atoms with van der Waals surface area (Å²) in [6.45, 7) is -2.85. The molecule has 34 nitrogen and oxygen atoms in total. The third-order valence-electron chi connectivity index (χ3n) is 14.7. The van der Waals surface area contributed by atoms with Crippen molar-refractivity contribution < 1.29 is 168 Å². The standard InChI is InChI=1S/C57H60O34/c58-16-33-40(70)45(75)52(91-57-51(44(74)39(69)34(17-59)87-57)89-37(67)8-4-20-2-6-25(61)28(64)10-20)56(86-33)85-32-15-23-26(62)13-22(82-54-47(77)42(72)41(71)35(88-54)18-81-36(66)7-3-19-1-5-24(60)27(63)9-19)14-30(23)83-49(32)21-11-29(65)38(68)31(12-21)84-55-48(78)43(73)46(76)50(90-55)53(79)80/h1-15,33-35,39-48,50-52,54-59,69-78H,16-18H2,(H7-,60,61,62,63,64,65,66,67,68,79,80)/p+1. The highest BCUT2D eigenvalue weighted by molar-refractivity contribution is 5.90. The SMILES string of the molecule is O=C(C=Cc1ccc(O)c(O)c1)OCC1OC(Oc2cc(O)c3cc(OC4OC(CO)C(O)C(O)C4OC4OC(CO)C(O)C(O)C4OC(=O)C=Cc4ccc(O)c(O)c4)c(-c4cc(O)c(O)c(OC5OC(C(=O)O)C(O)C(O)C5O)c4)[o+]c3c2)C(O)C(O)C1O. The third kappa shape index (κ3) is 14.5. The monoisotopic (exact) mass is 1290 g/mol. The second kappa shape index (κ2) is 27.9. The van der Waals surface area contributed by atoms with Crippen LogP contribution in [-0.4, -0.2) is 263 Å². The number of hydrogen-bond acceptors (Lipinski definition) is 32. The van der Waals surface area contributed by atoms with E-state index < -0.39 is 235 Å². The molecule has 34 heteroatoms. The Kier molecular flexibility index (Phi) is 20.5. The second-order valence-corrected chi connectivity index (χ2v) is 20.9. The molecule has 91 heavy (non-hydrogen) atoms. The number of carboxylic acid groups (broad SMARTS) is 1. The number of phenols is 7. The molecule has 4 aliphatic heterocycles. The van der Waals surface area contributed by atoms with Gasteiger partial charge in [0.25, 0.3) is 0 Å². The molecule has 20 N–H and O–H groups in total. The second-order valence-electron chi connectivity index (χ2n) is 20.9. The van der Waals surface area contributed by atoms with Crippen LogP contribution in [0.5, 0.6) is 57.5 Å². The van der Waals surface area contributed by atoms with E-state index in [0.29, 0.717) is 0 Å². The number of aliphatic carboxylic acids is 1. The van der Waals surface area contributed by atoms with Crippen molar-refractivity contribution in [3.63, 3.8) is 0 Å². The number of benzene rings is 4. The van der Waals surface area contributed by atoms with Gasteiger partial charge in [-0.1, -0.05) is 12.1 Å². The lowest BCUT2D eigenvalue weighted by molar-refractivity contribution is -0.358. The Bertz CT molecular complexity index is 3510. The van der Waals surface area contributed by atoms with Crippen molar-refractivity contribution in [2.45, 2.75) is 123 Å². The smallest absolute Gasteiger partial charge is 0.402 e. The summed E-state index contributed by atoms with van der Waals surface area (Å²) in [5.41, 5.74) is -0.506. The van der Waals surface area contributed by atoms with Gasteiger partial charge in [-0.25, -0.2) is 18.8 Å². The number of aliphatic hydroxyl groups is 12. The van der Waals surface area contributed by atoms with Crippen LogP contribution in [0.3, 0.4) is 0 Å². The van der Waals surface area contributed by atoms with E-state index in [9.17, 15) is 117 Å². The van der Waals surface area contributed by atoms with Gasteiger partial charge in [0, 0.05) is 36.4 Å². The number of aliphatic hydroxyl groups excluding tert-OH is 12. The maximum absolute atomic E-state index is 13.3. The molecule has 4 aliphatic rings. The molecule has 0 spiro atoms. The first-order valence-electron chi connectivity index (χ1n) is 27.2. The molecular weight excluding hydrogens is 1230 g/mol. The molecule has 20 unspecified atom stereocenters. The van der Waals surface area contributed by atoms with Crippen LogP contribution in [-0.2, 0) is 47.5 Å². The van der Waals surface area contributed by atoms with Gasteiger partial charge in [-0.15, -0.1) is 0 Å². The van der Waals surface area contributed by atoms with E-state index in [1.165, 1.54) is 18.2 Å². The van der Waals surface area contributed by atoms with Crippen molar-refractivity contribution in [1.29, 1.82) is 0 Å². The van der Waals surface area contributed by atoms with Crippen LogP contribution in [0.1, 0.15) is 11.1 Å². The minimum Gasteiger partial charge on any atom is -0.507 e. The van der Waals surface area contributed by atoms with E-state index in [0.717, 1.165) is 72.8 Å². The number of fused-ring (bicyclic) bond motifs is 1. The number of hydrogen-bond donors (Lipinski definition) is 20. The van der Waals surface area contributed by atoms with Crippen molar-refractivity contribution in [3.05, 3.63) is 90.0 Å². The molecule has 5 aromatic rings. The summed E-state index contributed by atoms with van der Waals surface area (Å²) in [6.07, 6.45) is -37.3. The summed E-state index contributed by atoms with van der Waals surface area (Å²) < 4.78 is 63.1. The normalized spacial score (nSPS) is 31.9. The van der Waals surface area contributed by atoms with Crippen molar-refractivity contribution in [3.8, 4) is 68.8 Å². The lowest BCUT2D eigenvalue weighted by Gasteiger charge is -2.46. The molecule has 9 rings (SSSR count). The minimum absolute atomic E-state index is 0.154. The maximum Gasteiger partial charge on any atom is 0.402 e. The predicted octanol–water partition coefficient (Wildman–Crippen LogP) is -3.70. The fourth-order valence-electron chi connectivity index (χ4n) is 9.77. The fourth-order valence-corrected chi connectivity index (χ4v) is 9.77. The quantitative estimate of drug-likeness (QED) is 0.0164. The Balaban J connectivity index is 1.07. The van der Waals surface area contributed by atoms with Gasteiger partial charge in [0.1, 0.15) is 103 Å². The third-order valence-corrected chi connectivity index (χ3v) is 14.7. The van der Waals surface area contributed by atoms with Gasteiger partial charge in [-0.05, 0) is 47.5 Å². The largest absolute Gasteiger partial charge is 0.507 e. The molecule has 492 valence electrons. The number of ether oxygens (including phenoxy) is 10. The lowest BCUT2D eigenvalue weighted by Crippen LogP contribution is -2.65. The van der Waals surface area contributed by atoms with Gasteiger partial charge < -0.3 is 149 Å². The van der Waals surface area contributed by atoms with Crippen LogP contribution in [0.25, 0.3) is 34.4 Å². The van der Waals surface area contributed by atoms with E-state index in [-0.39, 0.29) is 16.5 Å². The van der Waals surface area contributed by atoms with Crippen LogP contribution >= 0.6 is 0 Å². The number of carbonyl (C=O) groups excluding carboxylic acids is 2. The topological polar surface area (TPSA) is 559 Å². The highest BCUT2D eigenvalue weighted by atomic mass is 16.8. The molecule has 0 aliphatic carbocycles. The molecular formula is C57H61O34+. The molecule has 1 aromatic heterocycles. The van der Waals surface area contributed by atoms with Crippen LogP contribution in [0.2, 0.25) is 0 Å². The average Bonchev–Trinajstić information content (AvgIpc) is 1.47. The molecule has 4 aromatic carbocycles. The first kappa shape index (κ1) is 66.9. The van der Waals surface area contributed by atoms with Crippen molar-refractivity contribution in [2.24, 2.45) is 0 Å². The van der Waals surface area contributed by atoms with Gasteiger partial charge in [0.05, 0.1) is 24.8 Å². The van der Waals surface area contributed by atoms with Gasteiger partial charge in [0.2, 0.25) is 30.4 Å². The molecule has 20 atom stereocenters. The summed E-state index contributed by atoms with van der Waals surface area (Å²) >= 11 is 0. The summed E-state index contributed by atoms with van der Waals surface area (Å²) in [4.78, 5) is 37.9. The van der Waals surface area contributed by atoms with Gasteiger partial charge in [-0.3, -0.25) is 0 Å². The highest BCUT2D eigenvalue weighted by Gasteiger charge is 2.54. The Labute approximate surface area is 509 Å². The van der Waals surface area contributed by atoms with Crippen molar-refractivity contribution >= 4 is 41.0 Å². The minimum atomic E-state index is -2.25. The number of esters is 2. The van der Waals surface area contributed by atoms with E-state index in [2.05, 4.69) is 0 Å². The zero-order chi connectivity index (χ0) is 66.0. The summed E-state index contributed by atoms with van der Waals surface area (Å²) in [5.74, 6) is -11.8. The number of carbonyl (C=O) groups is 3. The number of aromatic hydroxyl groups is 7. The van der Waals surface area contributed by atoms with Crippen LogP contribution in [0.15, 0.2) is 83.3 Å². The van der Waals surface area contributed by atoms with Crippen molar-refractivity contribution in [1.82, 2.24) is 0 Å². The Morgan fingerprint density at radius 2 is 1.02 bits per heavy atom. The van der Waals surface area contributed by atoms with E-state index >= 15 is 0 Å². The summed E-state index contributed by atoms with van der Waals surface area (Å²) in [5, 5.41) is 212. The number of rotatable bonds is 19. The molecule has 5 heterocycles. The molecule has 0 amide bonds. The van der Waals surface area contributed by atoms with Crippen LogP contribution in [0, 0.1) is 0 Å². The average molecular weight is 1290 g/mol. The lowest BCUT2D eigenvalue weighted by atomic mass is 9.97. The first-order valence-corrected chi connectivity index (χ1v) is 27.2. The molecule has 0 saturated carbocycles. The highest BCUT2D eigenvalue weighted by Crippen LogP contribution is 2.47. The van der Waals surface area contributed by atoms with E-state index in [1.54, 1.807) is 0 Å². The Hall–Kier alpha value is -8.50. The zero-order valence-corrected chi connectivity index (χ0v) is 46.5. The zero-order valence-electron chi connectivity index (χ0n) is 46.5. The first-order chi connectivity index (χ1) is 43.2. The van der Waals surface area contributed by atoms with Gasteiger partial charge >= 0.3 is 29.3 Å². The van der Waals surface area contributed by atoms with Crippen molar-refractivity contribution in [2.75, 3.05) is 19.8 Å². The van der Waals surface area contributed by atoms with Crippen LogP contribution < -0.4 is 14.2 Å². The number of carboxylic acids is 1. The van der Waals surface area contributed by atoms with Gasteiger partial charge in [-0.2, -0.15) is 0 Å². The molecule has 0 bridgehead atoms.